The number of nitrogens with zero attached hydrogens (tertiary/aromatic N) is 1. The zero-order chi connectivity index (χ0) is 12.7. The largest absolute Gasteiger partial charge is 0.472 e. The Morgan fingerprint density at radius 3 is 2.89 bits per heavy atom. The molecule has 0 spiro atoms. The Morgan fingerprint density at radius 1 is 1.33 bits per heavy atom. The molecule has 0 radical (unpaired) electrons. The van der Waals surface area contributed by atoms with Crippen molar-refractivity contribution in [1.82, 2.24) is 4.90 Å². The highest BCUT2D eigenvalue weighted by atomic mass is 16.3. The Morgan fingerprint density at radius 2 is 2.17 bits per heavy atom. The fourth-order valence-corrected chi connectivity index (χ4v) is 3.95. The number of aliphatic hydroxyl groups is 1. The smallest absolute Gasteiger partial charge is 0.0950 e. The van der Waals surface area contributed by atoms with Crippen LogP contribution >= 0.6 is 0 Å². The summed E-state index contributed by atoms with van der Waals surface area (Å²) in [5, 5.41) is 10.4. The second kappa shape index (κ2) is 4.71. The third-order valence-corrected chi connectivity index (χ3v) is 4.75. The van der Waals surface area contributed by atoms with Crippen molar-refractivity contribution < 1.29 is 9.52 Å². The highest BCUT2D eigenvalue weighted by Gasteiger charge is 2.43. The predicted octanol–water partition coefficient (Wildman–Crippen LogP) is 2.82. The second-order valence-corrected chi connectivity index (χ2v) is 6.22. The quantitative estimate of drug-likeness (QED) is 0.831. The fourth-order valence-electron chi connectivity index (χ4n) is 3.95. The van der Waals surface area contributed by atoms with E-state index in [4.69, 9.17) is 4.42 Å². The average molecular weight is 249 g/mol. The molecule has 100 valence electrons. The normalized spacial score (nSPS) is 41.6. The van der Waals surface area contributed by atoms with E-state index in [2.05, 4.69) is 24.8 Å². The summed E-state index contributed by atoms with van der Waals surface area (Å²) < 4.78 is 5.24. The van der Waals surface area contributed by atoms with E-state index in [1.807, 2.05) is 6.26 Å². The summed E-state index contributed by atoms with van der Waals surface area (Å²) in [5.74, 6) is 1.17. The van der Waals surface area contributed by atoms with Crippen molar-refractivity contribution in [3.05, 3.63) is 24.2 Å². The molecule has 1 N–H and O–H groups in total. The monoisotopic (exact) mass is 249 g/mol. The molecule has 0 aromatic carbocycles. The lowest BCUT2D eigenvalue weighted by Gasteiger charge is -2.51. The molecule has 2 aliphatic rings. The predicted molar refractivity (Wildman–Crippen MR) is 70.1 cm³/mol. The molecule has 2 saturated heterocycles. The molecule has 0 bridgehead atoms. The van der Waals surface area contributed by atoms with E-state index in [1.54, 1.807) is 6.26 Å². The Balaban J connectivity index is 1.88. The Hall–Kier alpha value is -0.800. The maximum absolute atomic E-state index is 10.4. The van der Waals surface area contributed by atoms with Crippen LogP contribution in [0.4, 0.5) is 0 Å². The molecular weight excluding hydrogens is 226 g/mol. The lowest BCUT2D eigenvalue weighted by molar-refractivity contribution is -0.0797. The van der Waals surface area contributed by atoms with Crippen LogP contribution in [-0.4, -0.2) is 28.7 Å². The number of hydrogen-bond donors (Lipinski definition) is 1. The summed E-state index contributed by atoms with van der Waals surface area (Å²) >= 11 is 0. The molecule has 3 rings (SSSR count). The zero-order valence-electron chi connectivity index (χ0n) is 11.2. The zero-order valence-corrected chi connectivity index (χ0v) is 11.2. The molecule has 3 heteroatoms. The molecule has 3 nitrogen and oxygen atoms in total. The first kappa shape index (κ1) is 12.2. The van der Waals surface area contributed by atoms with E-state index in [1.165, 1.54) is 18.4 Å². The first-order valence-electron chi connectivity index (χ1n) is 7.12. The van der Waals surface area contributed by atoms with Gasteiger partial charge in [0.15, 0.2) is 0 Å². The maximum Gasteiger partial charge on any atom is 0.0950 e. The van der Waals surface area contributed by atoms with Gasteiger partial charge in [0.2, 0.25) is 0 Å². The van der Waals surface area contributed by atoms with Crippen molar-refractivity contribution in [3.8, 4) is 0 Å². The van der Waals surface area contributed by atoms with Gasteiger partial charge in [-0.15, -0.1) is 0 Å². The summed E-state index contributed by atoms with van der Waals surface area (Å²) in [5.41, 5.74) is 1.27. The van der Waals surface area contributed by atoms with Crippen molar-refractivity contribution in [2.45, 2.75) is 51.3 Å². The molecule has 2 aliphatic heterocycles. The summed E-state index contributed by atoms with van der Waals surface area (Å²) in [6.45, 7) is 5.62. The van der Waals surface area contributed by atoms with Crippen molar-refractivity contribution in [3.63, 3.8) is 0 Å². The first-order valence-corrected chi connectivity index (χ1v) is 7.12. The molecule has 0 amide bonds. The van der Waals surface area contributed by atoms with Crippen molar-refractivity contribution in [1.29, 1.82) is 0 Å². The minimum absolute atomic E-state index is 0.168. The highest BCUT2D eigenvalue weighted by molar-refractivity contribution is 5.15. The van der Waals surface area contributed by atoms with Crippen LogP contribution in [0.3, 0.4) is 0 Å². The van der Waals surface area contributed by atoms with Gasteiger partial charge in [0.25, 0.3) is 0 Å². The van der Waals surface area contributed by atoms with E-state index in [-0.39, 0.29) is 6.10 Å². The second-order valence-electron chi connectivity index (χ2n) is 6.22. The third-order valence-electron chi connectivity index (χ3n) is 4.75. The summed E-state index contributed by atoms with van der Waals surface area (Å²) in [7, 11) is 0. The molecule has 5 atom stereocenters. The van der Waals surface area contributed by atoms with Gasteiger partial charge >= 0.3 is 0 Å². The Bertz CT molecular complexity index is 389. The molecule has 0 saturated carbocycles. The number of rotatable bonds is 1. The van der Waals surface area contributed by atoms with Crippen LogP contribution in [0.25, 0.3) is 0 Å². The van der Waals surface area contributed by atoms with Gasteiger partial charge in [0.05, 0.1) is 18.6 Å². The van der Waals surface area contributed by atoms with E-state index in [0.717, 1.165) is 13.0 Å². The maximum atomic E-state index is 10.4. The number of aliphatic hydroxyl groups excluding tert-OH is 1. The van der Waals surface area contributed by atoms with Gasteiger partial charge < -0.3 is 9.52 Å². The van der Waals surface area contributed by atoms with Crippen LogP contribution in [0.15, 0.2) is 23.0 Å². The minimum Gasteiger partial charge on any atom is -0.472 e. The van der Waals surface area contributed by atoms with E-state index < -0.39 is 0 Å². The summed E-state index contributed by atoms with van der Waals surface area (Å²) in [6.07, 6.45) is 6.77. The molecule has 5 unspecified atom stereocenters. The Kier molecular flexibility index (Phi) is 3.20. The van der Waals surface area contributed by atoms with Crippen LogP contribution in [-0.2, 0) is 0 Å². The van der Waals surface area contributed by atoms with Crippen LogP contribution in [0.2, 0.25) is 0 Å². The van der Waals surface area contributed by atoms with Crippen LogP contribution in [0, 0.1) is 11.8 Å². The van der Waals surface area contributed by atoms with Gasteiger partial charge in [-0.1, -0.05) is 13.8 Å². The van der Waals surface area contributed by atoms with Gasteiger partial charge in [-0.2, -0.15) is 0 Å². The first-order chi connectivity index (χ1) is 8.66. The standard InChI is InChI=1S/C15H23NO2/c1-10-7-14(17)15-11(2)3-4-13(16(15)8-10)12-5-6-18-9-12/h5-6,9-11,13-15,17H,3-4,7-8H2,1-2H3. The van der Waals surface area contributed by atoms with Crippen LogP contribution in [0.5, 0.6) is 0 Å². The van der Waals surface area contributed by atoms with E-state index in [9.17, 15) is 5.11 Å². The third kappa shape index (κ3) is 1.99. The Labute approximate surface area is 109 Å². The van der Waals surface area contributed by atoms with Crippen LogP contribution < -0.4 is 0 Å². The minimum atomic E-state index is -0.168. The number of fused-ring (bicyclic) bond motifs is 1. The van der Waals surface area contributed by atoms with Crippen LogP contribution in [0.1, 0.15) is 44.7 Å². The molecule has 1 aromatic heterocycles. The molecule has 18 heavy (non-hydrogen) atoms. The molecule has 2 fully saturated rings. The SMILES string of the molecule is CC1CC(O)C2C(C)CCC(c3ccoc3)N2C1. The average Bonchev–Trinajstić information content (AvgIpc) is 2.81. The fraction of sp³-hybridized carbons (Fsp3) is 0.733. The molecule has 0 aliphatic carbocycles. The number of furan rings is 1. The summed E-state index contributed by atoms with van der Waals surface area (Å²) in [4.78, 5) is 2.53. The highest BCUT2D eigenvalue weighted by Crippen LogP contribution is 2.42. The van der Waals surface area contributed by atoms with Gasteiger partial charge in [-0.3, -0.25) is 4.90 Å². The van der Waals surface area contributed by atoms with Crippen molar-refractivity contribution >= 4 is 0 Å². The van der Waals surface area contributed by atoms with Gasteiger partial charge in [-0.25, -0.2) is 0 Å². The van der Waals surface area contributed by atoms with Crippen molar-refractivity contribution in [2.75, 3.05) is 6.54 Å². The van der Waals surface area contributed by atoms with Crippen molar-refractivity contribution in [2.24, 2.45) is 11.8 Å². The molecule has 1 aromatic rings. The van der Waals surface area contributed by atoms with E-state index in [0.29, 0.717) is 23.9 Å². The van der Waals surface area contributed by atoms with Gasteiger partial charge in [-0.05, 0) is 37.2 Å². The topological polar surface area (TPSA) is 36.6 Å². The van der Waals surface area contributed by atoms with E-state index >= 15 is 0 Å². The number of hydrogen-bond acceptors (Lipinski definition) is 3. The molecular formula is C15H23NO2. The van der Waals surface area contributed by atoms with Gasteiger partial charge in [0.1, 0.15) is 0 Å². The number of piperidine rings is 2. The lowest BCUT2D eigenvalue weighted by atomic mass is 9.77. The molecule has 3 heterocycles. The van der Waals surface area contributed by atoms with Gasteiger partial charge in [0, 0.05) is 24.2 Å². The summed E-state index contributed by atoms with van der Waals surface area (Å²) in [6, 6.07) is 2.83. The lowest BCUT2D eigenvalue weighted by Crippen LogP contribution is -2.57.